The fourth-order valence-corrected chi connectivity index (χ4v) is 6.82. The summed E-state index contributed by atoms with van der Waals surface area (Å²) in [5.74, 6) is 0.465. The fourth-order valence-electron chi connectivity index (χ4n) is 6.82. The lowest BCUT2D eigenvalue weighted by Crippen LogP contribution is -2.49. The van der Waals surface area contributed by atoms with Gasteiger partial charge in [0.1, 0.15) is 11.2 Å². The number of carbonyl (C=O) groups is 1. The zero-order valence-electron chi connectivity index (χ0n) is 22.6. The van der Waals surface area contributed by atoms with Gasteiger partial charge in [-0.2, -0.15) is 0 Å². The second kappa shape index (κ2) is 9.37. The predicted octanol–water partition coefficient (Wildman–Crippen LogP) is 5.56. The first-order chi connectivity index (χ1) is 19.4. The van der Waals surface area contributed by atoms with Crippen LogP contribution in [0.15, 0.2) is 79.3 Å². The molecule has 0 spiro atoms. The van der Waals surface area contributed by atoms with Crippen molar-refractivity contribution in [2.45, 2.75) is 45.6 Å². The van der Waals surface area contributed by atoms with Crippen molar-refractivity contribution in [3.63, 3.8) is 0 Å². The summed E-state index contributed by atoms with van der Waals surface area (Å²) in [7, 11) is 0. The number of nitrogens with zero attached hydrogens (tertiary/aromatic N) is 2. The fraction of sp³-hybridized carbons (Fsp3) is 0.303. The predicted molar refractivity (Wildman–Crippen MR) is 154 cm³/mol. The maximum absolute atomic E-state index is 13.4. The number of fused-ring (bicyclic) bond motifs is 6. The van der Waals surface area contributed by atoms with Gasteiger partial charge in [0, 0.05) is 71.2 Å². The highest BCUT2D eigenvalue weighted by Gasteiger charge is 2.36. The van der Waals surface area contributed by atoms with E-state index in [1.54, 1.807) is 18.4 Å². The smallest absolute Gasteiger partial charge is 0.339 e. The van der Waals surface area contributed by atoms with Gasteiger partial charge in [0.15, 0.2) is 0 Å². The van der Waals surface area contributed by atoms with Crippen LogP contribution in [0.2, 0.25) is 0 Å². The van der Waals surface area contributed by atoms with Crippen molar-refractivity contribution >= 4 is 27.8 Å². The molecule has 0 N–H and O–H groups in total. The molecule has 1 fully saturated rings. The molecular weight excluding hydrogens is 504 g/mol. The van der Waals surface area contributed by atoms with Gasteiger partial charge >= 0.3 is 5.63 Å². The molecule has 0 aliphatic carbocycles. The second-order valence-electron chi connectivity index (χ2n) is 11.3. The average molecular weight is 535 g/mol. The molecule has 5 aromatic rings. The minimum Gasteiger partial charge on any atom is -0.463 e. The molecule has 2 aliphatic rings. The molecule has 7 heteroatoms. The number of carbonyl (C=O) groups excluding carboxylic acids is 1. The standard InChI is InChI=1S/C33H30N2O5/c1-19-24(11-12-29(36)34-15-21-13-23(17-34)28-9-6-10-30(37)35(28)16-21)33(38)40-32-20(2)31-26(14-25(19)32)27(18-39-31)22-7-4-3-5-8-22/h3-10,14,18,21,23H,11-13,15-17H2,1-2H3. The lowest BCUT2D eigenvalue weighted by molar-refractivity contribution is -0.133. The molecule has 2 aromatic carbocycles. The number of piperidine rings is 1. The summed E-state index contributed by atoms with van der Waals surface area (Å²) in [6, 6.07) is 17.5. The number of hydrogen-bond donors (Lipinski definition) is 0. The Balaban J connectivity index is 1.18. The van der Waals surface area contributed by atoms with E-state index < -0.39 is 5.63 Å². The van der Waals surface area contributed by atoms with Crippen molar-refractivity contribution in [2.75, 3.05) is 13.1 Å². The Kier molecular flexibility index (Phi) is 5.77. The number of likely N-dealkylation sites (tertiary alicyclic amines) is 1. The van der Waals surface area contributed by atoms with Crippen LogP contribution in [-0.4, -0.2) is 28.5 Å². The zero-order chi connectivity index (χ0) is 27.5. The van der Waals surface area contributed by atoms with Gasteiger partial charge in [0.05, 0.1) is 6.26 Å². The molecule has 2 bridgehead atoms. The Morgan fingerprint density at radius 1 is 0.925 bits per heavy atom. The van der Waals surface area contributed by atoms with Gasteiger partial charge < -0.3 is 18.3 Å². The van der Waals surface area contributed by atoms with Crippen LogP contribution in [0, 0.1) is 19.8 Å². The van der Waals surface area contributed by atoms with E-state index in [2.05, 4.69) is 0 Å². The van der Waals surface area contributed by atoms with E-state index in [4.69, 9.17) is 8.83 Å². The Morgan fingerprint density at radius 3 is 2.58 bits per heavy atom. The van der Waals surface area contributed by atoms with Gasteiger partial charge in [0.25, 0.3) is 5.56 Å². The van der Waals surface area contributed by atoms with Crippen LogP contribution in [0.25, 0.3) is 33.1 Å². The van der Waals surface area contributed by atoms with Crippen molar-refractivity contribution < 1.29 is 13.6 Å². The summed E-state index contributed by atoms with van der Waals surface area (Å²) in [4.78, 5) is 40.8. The molecule has 3 aromatic heterocycles. The van der Waals surface area contributed by atoms with Gasteiger partial charge in [-0.15, -0.1) is 0 Å². The summed E-state index contributed by atoms with van der Waals surface area (Å²) in [5.41, 5.74) is 6.09. The molecule has 7 nitrogen and oxygen atoms in total. The number of aromatic nitrogens is 1. The summed E-state index contributed by atoms with van der Waals surface area (Å²) in [6.45, 7) is 5.74. The lowest BCUT2D eigenvalue weighted by Gasteiger charge is -2.42. The third kappa shape index (κ3) is 3.91. The topological polar surface area (TPSA) is 85.7 Å². The molecule has 5 heterocycles. The van der Waals surface area contributed by atoms with Crippen LogP contribution in [0.1, 0.15) is 41.1 Å². The number of rotatable bonds is 4. The highest BCUT2D eigenvalue weighted by molar-refractivity contribution is 6.04. The molecule has 40 heavy (non-hydrogen) atoms. The Labute approximate surface area is 230 Å². The molecule has 7 rings (SSSR count). The van der Waals surface area contributed by atoms with Crippen molar-refractivity contribution in [1.82, 2.24) is 9.47 Å². The number of aryl methyl sites for hydroxylation is 2. The van der Waals surface area contributed by atoms with E-state index in [9.17, 15) is 14.4 Å². The zero-order valence-corrected chi connectivity index (χ0v) is 22.6. The largest absolute Gasteiger partial charge is 0.463 e. The van der Waals surface area contributed by atoms with E-state index in [0.717, 1.165) is 45.1 Å². The molecular formula is C33H30N2O5. The lowest BCUT2D eigenvalue weighted by atomic mass is 9.83. The molecule has 1 saturated heterocycles. The number of pyridine rings is 1. The minimum atomic E-state index is -0.404. The monoisotopic (exact) mass is 534 g/mol. The van der Waals surface area contributed by atoms with Gasteiger partial charge in [-0.25, -0.2) is 4.79 Å². The number of furan rings is 1. The van der Waals surface area contributed by atoms with Crippen molar-refractivity contribution in [2.24, 2.45) is 5.92 Å². The number of hydrogen-bond acceptors (Lipinski definition) is 5. The first-order valence-corrected chi connectivity index (χ1v) is 13.9. The van der Waals surface area contributed by atoms with Gasteiger partial charge in [0.2, 0.25) is 5.91 Å². The minimum absolute atomic E-state index is 0.0318. The average Bonchev–Trinajstić information content (AvgIpc) is 3.39. The highest BCUT2D eigenvalue weighted by atomic mass is 16.4. The summed E-state index contributed by atoms with van der Waals surface area (Å²) < 4.78 is 13.6. The van der Waals surface area contributed by atoms with E-state index in [1.165, 1.54) is 0 Å². The van der Waals surface area contributed by atoms with Gasteiger partial charge in [-0.3, -0.25) is 9.59 Å². The first kappa shape index (κ1) is 24.6. The van der Waals surface area contributed by atoms with Gasteiger partial charge in [-0.05, 0) is 55.9 Å². The van der Waals surface area contributed by atoms with E-state index in [0.29, 0.717) is 42.8 Å². The Morgan fingerprint density at radius 2 is 1.75 bits per heavy atom. The van der Waals surface area contributed by atoms with Crippen LogP contribution in [-0.2, 0) is 17.8 Å². The normalized spacial score (nSPS) is 18.3. The van der Waals surface area contributed by atoms with E-state index in [-0.39, 0.29) is 29.7 Å². The van der Waals surface area contributed by atoms with Crippen LogP contribution < -0.4 is 11.2 Å². The van der Waals surface area contributed by atoms with Crippen LogP contribution >= 0.6 is 0 Å². The van der Waals surface area contributed by atoms with Gasteiger partial charge in [-0.1, -0.05) is 36.4 Å². The van der Waals surface area contributed by atoms with Crippen LogP contribution in [0.5, 0.6) is 0 Å². The SMILES string of the molecule is Cc1c(CCC(=O)N2CC3CC(C2)c2cccc(=O)n2C3)c(=O)oc2c(C)c3occ(-c4ccccc4)c3cc12. The maximum atomic E-state index is 13.4. The second-order valence-corrected chi connectivity index (χ2v) is 11.3. The third-order valence-electron chi connectivity index (χ3n) is 8.85. The molecule has 0 saturated carbocycles. The van der Waals surface area contributed by atoms with Crippen molar-refractivity contribution in [1.29, 1.82) is 0 Å². The summed E-state index contributed by atoms with van der Waals surface area (Å²) in [6.07, 6.45) is 3.30. The number of amides is 1. The highest BCUT2D eigenvalue weighted by Crippen LogP contribution is 2.38. The quantitative estimate of drug-likeness (QED) is 0.282. The molecule has 2 aliphatic heterocycles. The molecule has 2 atom stereocenters. The maximum Gasteiger partial charge on any atom is 0.339 e. The van der Waals surface area contributed by atoms with E-state index in [1.807, 2.05) is 65.8 Å². The molecule has 0 radical (unpaired) electrons. The summed E-state index contributed by atoms with van der Waals surface area (Å²) >= 11 is 0. The Hall–Kier alpha value is -4.39. The van der Waals surface area contributed by atoms with E-state index >= 15 is 0 Å². The molecule has 1 amide bonds. The first-order valence-electron chi connectivity index (χ1n) is 13.9. The van der Waals surface area contributed by atoms with Crippen LogP contribution in [0.3, 0.4) is 0 Å². The summed E-state index contributed by atoms with van der Waals surface area (Å²) in [5, 5.41) is 1.83. The molecule has 2 unspecified atom stereocenters. The molecule has 202 valence electrons. The van der Waals surface area contributed by atoms with Crippen LogP contribution in [0.4, 0.5) is 0 Å². The van der Waals surface area contributed by atoms with Crippen molar-refractivity contribution in [3.05, 3.63) is 104 Å². The third-order valence-corrected chi connectivity index (χ3v) is 8.85. The number of benzene rings is 2. The van der Waals surface area contributed by atoms with Crippen molar-refractivity contribution in [3.8, 4) is 11.1 Å². The Bertz CT molecular complexity index is 1910.